The molecule has 2 saturated heterocycles. The summed E-state index contributed by atoms with van der Waals surface area (Å²) in [5.74, 6) is -5.63. The number of anilines is 1. The third-order valence-corrected chi connectivity index (χ3v) is 14.4. The zero-order valence-corrected chi connectivity index (χ0v) is 41.4. The van der Waals surface area contributed by atoms with Crippen molar-refractivity contribution in [3.63, 3.8) is 0 Å². The van der Waals surface area contributed by atoms with Gasteiger partial charge in [-0.1, -0.05) is 57.9 Å². The zero-order chi connectivity index (χ0) is 50.2. The Morgan fingerprint density at radius 1 is 0.943 bits per heavy atom. The normalized spacial score (nSPS) is 18.5. The molecule has 0 radical (unpaired) electrons. The summed E-state index contributed by atoms with van der Waals surface area (Å²) in [5, 5.41) is 24.4. The summed E-state index contributed by atoms with van der Waals surface area (Å²) in [6.07, 6.45) is 1.57. The van der Waals surface area contributed by atoms with Gasteiger partial charge in [0.15, 0.2) is 29.0 Å². The minimum Gasteiger partial charge on any atom is -0.480 e. The quantitative estimate of drug-likeness (QED) is 0.0634. The van der Waals surface area contributed by atoms with Crippen LogP contribution in [0, 0.1) is 24.0 Å². The lowest BCUT2D eigenvalue weighted by atomic mass is 9.85. The fraction of sp³-hybridized carbons (Fsp3) is 0.531. The molecule has 3 fully saturated rings. The fourth-order valence-corrected chi connectivity index (χ4v) is 10.0. The molecule has 5 amide bonds. The smallest absolute Gasteiger partial charge is 0.258 e. The Morgan fingerprint density at radius 2 is 1.63 bits per heavy atom. The molecule has 1 saturated carbocycles. The minimum atomic E-state index is -2.02. The maximum atomic E-state index is 15.0. The number of morpholine rings is 1. The maximum absolute atomic E-state index is 15.0. The molecule has 7 rings (SSSR count). The Labute approximate surface area is 413 Å². The number of benzene rings is 2. The highest BCUT2D eigenvalue weighted by molar-refractivity contribution is 7.14. The van der Waals surface area contributed by atoms with Crippen LogP contribution in [-0.2, 0) is 28.7 Å². The van der Waals surface area contributed by atoms with Gasteiger partial charge < -0.3 is 45.6 Å². The number of aliphatic hydroxyl groups excluding tert-OH is 1. The summed E-state index contributed by atoms with van der Waals surface area (Å²) in [6.45, 7) is 9.50. The number of likely N-dealkylation sites (tertiary alicyclic amines) is 1. The standard InChI is InChI=1S/C49H61F3N8O8S2/c1-29-42(70-28-55-29)31-11-9-30(10-12-31)35(56-44(64)37-23-32(61)25-60(37)45(65)43(48(2,3)4)58-46(66)49(52)15-16-49)24-38(62)53-17-7-5-6-8-18-54-39(63)26-68-41-33(13-14-34(50)40(41)51)36-27-69-47(57-36)59-19-21-67-22-20-59/h9-14,27-28,32,35,37,43,61H,5-8,15-26H2,1-4H3,(H,53,62)(H,54,63)(H,56,64)(H,58,66)/t32-,35+,37+,43-/m1/s1. The first-order chi connectivity index (χ1) is 33.4. The van der Waals surface area contributed by atoms with E-state index < -0.39 is 82.9 Å². The molecule has 378 valence electrons. The van der Waals surface area contributed by atoms with E-state index in [-0.39, 0.29) is 43.7 Å². The highest BCUT2D eigenvalue weighted by atomic mass is 32.1. The maximum Gasteiger partial charge on any atom is 0.258 e. The van der Waals surface area contributed by atoms with Gasteiger partial charge in [-0.25, -0.2) is 18.7 Å². The molecule has 16 nitrogen and oxygen atoms in total. The van der Waals surface area contributed by atoms with Crippen LogP contribution in [-0.4, -0.2) is 126 Å². The third kappa shape index (κ3) is 13.2. The number of aromatic nitrogens is 2. The molecule has 0 unspecified atom stereocenters. The average molecular weight is 1010 g/mol. The molecular weight excluding hydrogens is 950 g/mol. The molecule has 70 heavy (non-hydrogen) atoms. The predicted octanol–water partition coefficient (Wildman–Crippen LogP) is 5.77. The second-order valence-electron chi connectivity index (χ2n) is 19.0. The van der Waals surface area contributed by atoms with E-state index in [1.807, 2.05) is 31.2 Å². The highest BCUT2D eigenvalue weighted by Crippen LogP contribution is 2.41. The molecule has 3 aliphatic rings. The number of unbranched alkanes of at least 4 members (excludes halogenated alkanes) is 3. The van der Waals surface area contributed by atoms with Gasteiger partial charge >= 0.3 is 0 Å². The number of aliphatic hydroxyl groups is 1. The van der Waals surface area contributed by atoms with Crippen LogP contribution in [0.4, 0.5) is 18.3 Å². The molecule has 1 aliphatic carbocycles. The van der Waals surface area contributed by atoms with Crippen LogP contribution in [0.5, 0.6) is 5.75 Å². The largest absolute Gasteiger partial charge is 0.480 e. The number of amides is 5. The molecule has 0 bridgehead atoms. The van der Waals surface area contributed by atoms with Gasteiger partial charge in [0, 0.05) is 50.1 Å². The number of carbonyl (C=O) groups is 5. The number of nitrogens with zero attached hydrogens (tertiary/aromatic N) is 4. The average Bonchev–Trinajstić information content (AvgIpc) is 3.64. The number of aryl methyl sites for hydroxylation is 1. The van der Waals surface area contributed by atoms with Crippen LogP contribution in [0.3, 0.4) is 0 Å². The number of ether oxygens (including phenoxy) is 2. The van der Waals surface area contributed by atoms with Crippen molar-refractivity contribution in [1.82, 2.24) is 36.1 Å². The van der Waals surface area contributed by atoms with Gasteiger partial charge in [0.25, 0.3) is 11.8 Å². The van der Waals surface area contributed by atoms with Crippen LogP contribution < -0.4 is 30.9 Å². The molecule has 2 aromatic carbocycles. The Balaban J connectivity index is 0.886. The van der Waals surface area contributed by atoms with Crippen LogP contribution >= 0.6 is 22.7 Å². The van der Waals surface area contributed by atoms with Gasteiger partial charge in [-0.2, -0.15) is 4.39 Å². The molecule has 4 heterocycles. The van der Waals surface area contributed by atoms with Crippen LogP contribution in [0.25, 0.3) is 21.7 Å². The monoisotopic (exact) mass is 1010 g/mol. The lowest BCUT2D eigenvalue weighted by Crippen LogP contribution is -2.59. The van der Waals surface area contributed by atoms with Gasteiger partial charge in [-0.15, -0.1) is 22.7 Å². The number of β-amino-alcohol motifs (C(OH)–C–C–N with tert-alkyl or cyclic N) is 1. The summed E-state index contributed by atoms with van der Waals surface area (Å²) in [7, 11) is 0. The van der Waals surface area contributed by atoms with Crippen molar-refractivity contribution in [2.24, 2.45) is 5.41 Å². The third-order valence-electron chi connectivity index (χ3n) is 12.6. The van der Waals surface area contributed by atoms with Crippen molar-refractivity contribution in [2.75, 3.05) is 57.4 Å². The fourth-order valence-electron chi connectivity index (χ4n) is 8.35. The van der Waals surface area contributed by atoms with Crippen molar-refractivity contribution in [3.05, 3.63) is 70.2 Å². The molecule has 2 aromatic heterocycles. The molecule has 5 N–H and O–H groups in total. The molecule has 4 aromatic rings. The van der Waals surface area contributed by atoms with E-state index in [0.29, 0.717) is 63.5 Å². The van der Waals surface area contributed by atoms with E-state index in [0.717, 1.165) is 40.2 Å². The summed E-state index contributed by atoms with van der Waals surface area (Å²) in [5.41, 5.74) is 1.93. The SMILES string of the molecule is Cc1ncsc1-c1ccc([C@H](CC(=O)NCCCCCCNC(=O)COc2c(-c3csc(N4CCOCC4)n3)ccc(F)c2F)NC(=O)[C@@H]2C[C@@H](O)CN2C(=O)[C@@H](NC(=O)C2(F)CC2)C(C)(C)C)cc1. The van der Waals surface area contributed by atoms with E-state index in [4.69, 9.17) is 9.47 Å². The predicted molar refractivity (Wildman–Crippen MR) is 259 cm³/mol. The zero-order valence-electron chi connectivity index (χ0n) is 39.8. The molecule has 4 atom stereocenters. The van der Waals surface area contributed by atoms with Gasteiger partial charge in [0.2, 0.25) is 23.5 Å². The summed E-state index contributed by atoms with van der Waals surface area (Å²) >= 11 is 2.86. The van der Waals surface area contributed by atoms with E-state index in [9.17, 15) is 42.3 Å². The minimum absolute atomic E-state index is 0.0665. The van der Waals surface area contributed by atoms with Crippen molar-refractivity contribution < 1.29 is 51.7 Å². The first-order valence-electron chi connectivity index (χ1n) is 23.6. The number of carbonyl (C=O) groups excluding carboxylic acids is 5. The lowest BCUT2D eigenvalue weighted by Gasteiger charge is -2.36. The van der Waals surface area contributed by atoms with Crippen molar-refractivity contribution in [2.45, 2.75) is 109 Å². The summed E-state index contributed by atoms with van der Waals surface area (Å²) < 4.78 is 54.9. The second-order valence-corrected chi connectivity index (χ2v) is 20.7. The lowest BCUT2D eigenvalue weighted by molar-refractivity contribution is -0.145. The van der Waals surface area contributed by atoms with E-state index in [2.05, 4.69) is 36.1 Å². The van der Waals surface area contributed by atoms with Crippen LogP contribution in [0.15, 0.2) is 47.3 Å². The summed E-state index contributed by atoms with van der Waals surface area (Å²) in [4.78, 5) is 80.3. The first-order valence-corrected chi connectivity index (χ1v) is 25.4. The molecule has 21 heteroatoms. The summed E-state index contributed by atoms with van der Waals surface area (Å²) in [6, 6.07) is 6.67. The number of hydrogen-bond donors (Lipinski definition) is 5. The van der Waals surface area contributed by atoms with Crippen molar-refractivity contribution >= 4 is 57.3 Å². The van der Waals surface area contributed by atoms with E-state index in [1.165, 1.54) is 33.6 Å². The second kappa shape index (κ2) is 23.1. The number of rotatable bonds is 21. The number of alkyl halides is 1. The molecular formula is C49H61F3N8O8S2. The Bertz CT molecular complexity index is 2490. The number of halogens is 3. The molecule has 2 aliphatic heterocycles. The van der Waals surface area contributed by atoms with Crippen LogP contribution in [0.2, 0.25) is 0 Å². The van der Waals surface area contributed by atoms with Gasteiger partial charge in [0.1, 0.15) is 12.1 Å². The van der Waals surface area contributed by atoms with Crippen molar-refractivity contribution in [1.29, 1.82) is 0 Å². The van der Waals surface area contributed by atoms with Gasteiger partial charge in [0.05, 0.1) is 53.6 Å². The first kappa shape index (κ1) is 52.2. The van der Waals surface area contributed by atoms with Crippen molar-refractivity contribution in [3.8, 4) is 27.4 Å². The number of nitrogens with one attached hydrogen (secondary N) is 4. The number of hydrogen-bond acceptors (Lipinski definition) is 13. The Hall–Kier alpha value is -5.64. The Kier molecular flexibility index (Phi) is 17.2. The topological polar surface area (TPSA) is 204 Å². The Morgan fingerprint density at radius 3 is 2.27 bits per heavy atom. The van der Waals surface area contributed by atoms with Gasteiger partial charge in [-0.3, -0.25) is 24.0 Å². The van der Waals surface area contributed by atoms with Crippen LogP contribution in [0.1, 0.15) is 89.4 Å². The van der Waals surface area contributed by atoms with Gasteiger partial charge in [-0.05, 0) is 61.3 Å². The van der Waals surface area contributed by atoms with E-state index >= 15 is 0 Å². The number of thiazole rings is 2. The molecule has 0 spiro atoms. The highest BCUT2D eigenvalue weighted by Gasteiger charge is 2.53. The van der Waals surface area contributed by atoms with E-state index in [1.54, 1.807) is 31.7 Å².